The monoisotopic (exact) mass is 121 g/mol. The van der Waals surface area contributed by atoms with E-state index in [1.807, 2.05) is 0 Å². The van der Waals surface area contributed by atoms with Crippen molar-refractivity contribution in [1.29, 1.82) is 0 Å². The fourth-order valence-corrected chi connectivity index (χ4v) is 0. The summed E-state index contributed by atoms with van der Waals surface area (Å²) >= 11 is 4.71. The maximum atomic E-state index is 4.71. The van der Waals surface area contributed by atoms with Gasteiger partial charge in [-0.1, -0.05) is 31.6 Å². The molecule has 0 nitrogen and oxygen atoms in total. The Hall–Kier alpha value is 0.700. The summed E-state index contributed by atoms with van der Waals surface area (Å²) in [5.74, 6) is 0. The fraction of sp³-hybridized carbons (Fsp3) is 1.00. The molecular formula is C4H9S2. The lowest BCUT2D eigenvalue weighted by Gasteiger charge is -2.10. The second-order valence-corrected chi connectivity index (χ2v) is 4.09. The quantitative estimate of drug-likeness (QED) is 0.444. The normalized spacial score (nSPS) is 12.0. The Balaban J connectivity index is 3.17. The Labute approximate surface area is 48.5 Å². The average molecular weight is 121 g/mol. The third-order valence-electron chi connectivity index (χ3n) is 0.250. The Morgan fingerprint density at radius 1 is 1.33 bits per heavy atom. The van der Waals surface area contributed by atoms with Crippen molar-refractivity contribution in [2.75, 3.05) is 0 Å². The van der Waals surface area contributed by atoms with Gasteiger partial charge in [-0.2, -0.15) is 0 Å². The molecule has 0 aromatic heterocycles. The minimum atomic E-state index is 0.273. The molecule has 0 aromatic rings. The van der Waals surface area contributed by atoms with E-state index in [-0.39, 0.29) is 4.75 Å². The molecule has 1 radical (unpaired) electrons. The third-order valence-corrected chi connectivity index (χ3v) is 2.25. The zero-order valence-corrected chi connectivity index (χ0v) is 5.95. The molecule has 0 N–H and O–H groups in total. The molecule has 0 spiro atoms. The van der Waals surface area contributed by atoms with E-state index < -0.39 is 0 Å². The lowest BCUT2D eigenvalue weighted by molar-refractivity contribution is 0.810. The summed E-state index contributed by atoms with van der Waals surface area (Å²) in [5, 5.41) is 0. The van der Waals surface area contributed by atoms with Crippen molar-refractivity contribution in [2.45, 2.75) is 25.5 Å². The largest absolute Gasteiger partial charge is 0.0757 e. The molecule has 0 rings (SSSR count). The molecule has 0 fully saturated rings. The van der Waals surface area contributed by atoms with Gasteiger partial charge in [0.05, 0.1) is 0 Å². The van der Waals surface area contributed by atoms with Crippen LogP contribution >= 0.6 is 22.5 Å². The van der Waals surface area contributed by atoms with E-state index in [9.17, 15) is 0 Å². The SMILES string of the molecule is CC(C)(C)S[S]. The first kappa shape index (κ1) is 6.70. The van der Waals surface area contributed by atoms with Gasteiger partial charge in [0.25, 0.3) is 0 Å². The second kappa shape index (κ2) is 2.12. The molecule has 0 amide bonds. The van der Waals surface area contributed by atoms with Crippen LogP contribution in [0.3, 0.4) is 0 Å². The van der Waals surface area contributed by atoms with Crippen LogP contribution in [-0.2, 0) is 0 Å². The predicted molar refractivity (Wildman–Crippen MR) is 34.9 cm³/mol. The molecule has 0 unspecified atom stereocenters. The highest BCUT2D eigenvalue weighted by Gasteiger charge is 2.06. The summed E-state index contributed by atoms with van der Waals surface area (Å²) in [5.41, 5.74) is 0. The smallest absolute Gasteiger partial charge is 0.0187 e. The highest BCUT2D eigenvalue weighted by Crippen LogP contribution is 2.25. The van der Waals surface area contributed by atoms with Gasteiger partial charge in [0.1, 0.15) is 0 Å². The summed E-state index contributed by atoms with van der Waals surface area (Å²) in [6.45, 7) is 6.31. The van der Waals surface area contributed by atoms with Gasteiger partial charge in [-0.3, -0.25) is 0 Å². The summed E-state index contributed by atoms with van der Waals surface area (Å²) in [6.07, 6.45) is 0. The van der Waals surface area contributed by atoms with Crippen LogP contribution in [0.4, 0.5) is 0 Å². The first-order valence-corrected chi connectivity index (χ1v) is 3.61. The maximum Gasteiger partial charge on any atom is 0.0187 e. The molecule has 0 aliphatic rings. The Morgan fingerprint density at radius 3 is 1.50 bits per heavy atom. The van der Waals surface area contributed by atoms with Gasteiger partial charge in [0.2, 0.25) is 0 Å². The fourth-order valence-electron chi connectivity index (χ4n) is 0. The van der Waals surface area contributed by atoms with Crippen LogP contribution in [0.15, 0.2) is 0 Å². The summed E-state index contributed by atoms with van der Waals surface area (Å²) in [7, 11) is 1.47. The van der Waals surface area contributed by atoms with Crippen LogP contribution in [0, 0.1) is 0 Å². The first-order valence-electron chi connectivity index (χ1n) is 1.87. The summed E-state index contributed by atoms with van der Waals surface area (Å²) < 4.78 is 0.273. The van der Waals surface area contributed by atoms with Gasteiger partial charge >= 0.3 is 0 Å². The molecule has 0 aliphatic carbocycles. The van der Waals surface area contributed by atoms with E-state index in [1.165, 1.54) is 10.8 Å². The summed E-state index contributed by atoms with van der Waals surface area (Å²) in [4.78, 5) is 0. The molecule has 0 aliphatic heterocycles. The van der Waals surface area contributed by atoms with Crippen molar-refractivity contribution < 1.29 is 0 Å². The van der Waals surface area contributed by atoms with Crippen molar-refractivity contribution in [3.8, 4) is 0 Å². The standard InChI is InChI=1S/C4H9S2/c1-4(2,3)6-5/h1-3H3. The van der Waals surface area contributed by atoms with E-state index in [2.05, 4.69) is 20.8 Å². The molecule has 0 bridgehead atoms. The van der Waals surface area contributed by atoms with E-state index >= 15 is 0 Å². The van der Waals surface area contributed by atoms with E-state index in [4.69, 9.17) is 11.7 Å². The van der Waals surface area contributed by atoms with Crippen LogP contribution in [0.25, 0.3) is 0 Å². The van der Waals surface area contributed by atoms with Crippen LogP contribution in [0.1, 0.15) is 20.8 Å². The van der Waals surface area contributed by atoms with E-state index in [0.717, 1.165) is 0 Å². The van der Waals surface area contributed by atoms with Gasteiger partial charge < -0.3 is 0 Å². The van der Waals surface area contributed by atoms with Crippen molar-refractivity contribution in [3.63, 3.8) is 0 Å². The predicted octanol–water partition coefficient (Wildman–Crippen LogP) is 2.63. The molecule has 0 atom stereocenters. The van der Waals surface area contributed by atoms with Crippen LogP contribution in [-0.4, -0.2) is 4.75 Å². The van der Waals surface area contributed by atoms with Gasteiger partial charge in [-0.15, -0.1) is 0 Å². The van der Waals surface area contributed by atoms with Crippen molar-refractivity contribution >= 4 is 22.5 Å². The first-order chi connectivity index (χ1) is 2.56. The number of rotatable bonds is 0. The van der Waals surface area contributed by atoms with Gasteiger partial charge in [0.15, 0.2) is 0 Å². The molecule has 0 saturated heterocycles. The minimum Gasteiger partial charge on any atom is -0.0757 e. The van der Waals surface area contributed by atoms with E-state index in [1.54, 1.807) is 0 Å². The van der Waals surface area contributed by atoms with E-state index in [0.29, 0.717) is 0 Å². The van der Waals surface area contributed by atoms with Crippen LogP contribution in [0.5, 0.6) is 0 Å². The molecule has 0 aromatic carbocycles. The third kappa shape index (κ3) is 4.70. The zero-order valence-electron chi connectivity index (χ0n) is 4.32. The highest BCUT2D eigenvalue weighted by molar-refractivity contribution is 8.69. The van der Waals surface area contributed by atoms with Crippen LogP contribution < -0.4 is 0 Å². The zero-order chi connectivity index (χ0) is 5.21. The highest BCUT2D eigenvalue weighted by atomic mass is 33.1. The number of hydrogen-bond acceptors (Lipinski definition) is 1. The lowest BCUT2D eigenvalue weighted by Crippen LogP contribution is -2.02. The maximum absolute atomic E-state index is 4.71. The molecule has 0 heterocycles. The lowest BCUT2D eigenvalue weighted by atomic mass is 10.3. The Kier molecular flexibility index (Phi) is 2.37. The molecule has 0 saturated carbocycles. The molecule has 6 heavy (non-hydrogen) atoms. The number of hydrogen-bond donors (Lipinski definition) is 0. The topological polar surface area (TPSA) is 0 Å². The van der Waals surface area contributed by atoms with Gasteiger partial charge in [-0.25, -0.2) is 0 Å². The van der Waals surface area contributed by atoms with Crippen molar-refractivity contribution in [2.24, 2.45) is 0 Å². The summed E-state index contributed by atoms with van der Waals surface area (Å²) in [6, 6.07) is 0. The minimum absolute atomic E-state index is 0.273. The Morgan fingerprint density at radius 2 is 1.50 bits per heavy atom. The van der Waals surface area contributed by atoms with Gasteiger partial charge in [-0.05, 0) is 11.7 Å². The second-order valence-electron chi connectivity index (χ2n) is 2.20. The van der Waals surface area contributed by atoms with Crippen molar-refractivity contribution in [3.05, 3.63) is 0 Å². The van der Waals surface area contributed by atoms with Crippen LogP contribution in [0.2, 0.25) is 0 Å². The Bertz CT molecular complexity index is 35.3. The molecule has 37 valence electrons. The molecule has 2 heteroatoms. The van der Waals surface area contributed by atoms with Gasteiger partial charge in [0, 0.05) is 4.75 Å². The average Bonchev–Trinajstić information content (AvgIpc) is 1.35. The van der Waals surface area contributed by atoms with Crippen molar-refractivity contribution in [1.82, 2.24) is 0 Å². The molecular weight excluding hydrogens is 112 g/mol.